The van der Waals surface area contributed by atoms with Gasteiger partial charge in [-0.2, -0.15) is 0 Å². The molecule has 23 heavy (non-hydrogen) atoms. The normalized spacial score (nSPS) is 16.3. The number of amides is 1. The van der Waals surface area contributed by atoms with E-state index >= 15 is 0 Å². The molecule has 1 aliphatic rings. The summed E-state index contributed by atoms with van der Waals surface area (Å²) in [6.07, 6.45) is 0.916. The molecular weight excluding hydrogens is 292 g/mol. The molecule has 1 aliphatic heterocycles. The first kappa shape index (κ1) is 17.3. The lowest BCUT2D eigenvalue weighted by Crippen LogP contribution is -2.54. The van der Waals surface area contributed by atoms with Gasteiger partial charge in [0.1, 0.15) is 12.1 Å². The molecule has 2 unspecified atom stereocenters. The Bertz CT molecular complexity index is 583. The summed E-state index contributed by atoms with van der Waals surface area (Å²) in [5.41, 5.74) is 2.32. The Hall–Kier alpha value is -2.04. The van der Waals surface area contributed by atoms with Gasteiger partial charge in [-0.25, -0.2) is 4.79 Å². The molecule has 0 fully saturated rings. The maximum Gasteiger partial charge on any atom is 0.326 e. The van der Waals surface area contributed by atoms with Crippen molar-refractivity contribution in [2.45, 2.75) is 46.2 Å². The number of nitrogens with one attached hydrogen (secondary N) is 1. The largest absolute Gasteiger partial charge is 0.480 e. The predicted molar refractivity (Wildman–Crippen MR) is 90.5 cm³/mol. The molecule has 0 saturated heterocycles. The summed E-state index contributed by atoms with van der Waals surface area (Å²) in [5.74, 6) is -1.27. The molecule has 2 N–H and O–H groups in total. The van der Waals surface area contributed by atoms with E-state index in [1.807, 2.05) is 32.0 Å². The molecule has 2 rings (SSSR count). The van der Waals surface area contributed by atoms with Crippen molar-refractivity contribution in [3.8, 4) is 0 Å². The molecule has 0 aromatic heterocycles. The first-order chi connectivity index (χ1) is 10.8. The van der Waals surface area contributed by atoms with E-state index in [1.54, 1.807) is 13.8 Å². The van der Waals surface area contributed by atoms with Gasteiger partial charge in [0.15, 0.2) is 0 Å². The lowest BCUT2D eigenvalue weighted by Gasteiger charge is -2.33. The minimum Gasteiger partial charge on any atom is -0.480 e. The number of carboxylic acids is 1. The summed E-state index contributed by atoms with van der Waals surface area (Å²) in [4.78, 5) is 26.3. The minimum atomic E-state index is -0.988. The minimum absolute atomic E-state index is 0.0859. The smallest absolute Gasteiger partial charge is 0.326 e. The third kappa shape index (κ3) is 3.66. The monoisotopic (exact) mass is 318 g/mol. The van der Waals surface area contributed by atoms with Crippen LogP contribution in [0.25, 0.3) is 0 Å². The molecule has 1 heterocycles. The predicted octanol–water partition coefficient (Wildman–Crippen LogP) is 2.30. The number of para-hydroxylation sites is 1. The number of fused-ring (bicyclic) bond motifs is 1. The van der Waals surface area contributed by atoms with Crippen molar-refractivity contribution in [3.05, 3.63) is 29.8 Å². The SMILES string of the molecule is CC(C)C(NC(=O)C(C(C)C)N1CCc2ccccc21)C(=O)O. The fourth-order valence-corrected chi connectivity index (χ4v) is 3.21. The third-order valence-corrected chi connectivity index (χ3v) is 4.39. The van der Waals surface area contributed by atoms with Gasteiger partial charge in [-0.3, -0.25) is 4.79 Å². The first-order valence-corrected chi connectivity index (χ1v) is 8.20. The zero-order valence-corrected chi connectivity index (χ0v) is 14.2. The highest BCUT2D eigenvalue weighted by atomic mass is 16.4. The number of anilines is 1. The van der Waals surface area contributed by atoms with Gasteiger partial charge in [0.25, 0.3) is 0 Å². The van der Waals surface area contributed by atoms with Crippen LogP contribution in [0.5, 0.6) is 0 Å². The van der Waals surface area contributed by atoms with Crippen LogP contribution in [0.1, 0.15) is 33.3 Å². The fourth-order valence-electron chi connectivity index (χ4n) is 3.21. The van der Waals surface area contributed by atoms with Crippen molar-refractivity contribution in [2.24, 2.45) is 11.8 Å². The maximum absolute atomic E-state index is 12.8. The van der Waals surface area contributed by atoms with E-state index in [1.165, 1.54) is 5.56 Å². The number of carboxylic acid groups (broad SMARTS) is 1. The number of aliphatic carboxylic acids is 1. The van der Waals surface area contributed by atoms with Crippen LogP contribution in [0, 0.1) is 11.8 Å². The molecule has 1 aromatic carbocycles. The summed E-state index contributed by atoms with van der Waals surface area (Å²) in [6.45, 7) is 8.38. The summed E-state index contributed by atoms with van der Waals surface area (Å²) in [5, 5.41) is 12.0. The Kier molecular flexibility index (Phi) is 5.29. The summed E-state index contributed by atoms with van der Waals surface area (Å²) >= 11 is 0. The molecule has 0 saturated carbocycles. The van der Waals surface area contributed by atoms with E-state index < -0.39 is 12.0 Å². The molecular formula is C18H26N2O3. The van der Waals surface area contributed by atoms with Gasteiger partial charge in [0.2, 0.25) is 5.91 Å². The quantitative estimate of drug-likeness (QED) is 0.844. The third-order valence-electron chi connectivity index (χ3n) is 4.39. The van der Waals surface area contributed by atoms with Gasteiger partial charge in [-0.15, -0.1) is 0 Å². The van der Waals surface area contributed by atoms with Crippen LogP contribution < -0.4 is 10.2 Å². The van der Waals surface area contributed by atoms with E-state index in [9.17, 15) is 14.7 Å². The Morgan fingerprint density at radius 1 is 1.13 bits per heavy atom. The van der Waals surface area contributed by atoms with Gasteiger partial charge in [-0.05, 0) is 29.9 Å². The second kappa shape index (κ2) is 7.02. The zero-order chi connectivity index (χ0) is 17.1. The maximum atomic E-state index is 12.8. The van der Waals surface area contributed by atoms with Gasteiger partial charge in [-0.1, -0.05) is 45.9 Å². The molecule has 5 heteroatoms. The zero-order valence-electron chi connectivity index (χ0n) is 14.2. The second-order valence-corrected chi connectivity index (χ2v) is 6.83. The fraction of sp³-hybridized carbons (Fsp3) is 0.556. The molecule has 2 atom stereocenters. The number of hydrogen-bond donors (Lipinski definition) is 2. The number of carbonyl (C=O) groups excluding carboxylic acids is 1. The van der Waals surface area contributed by atoms with E-state index in [2.05, 4.69) is 16.3 Å². The highest BCUT2D eigenvalue weighted by Crippen LogP contribution is 2.31. The van der Waals surface area contributed by atoms with Gasteiger partial charge >= 0.3 is 5.97 Å². The molecule has 0 aliphatic carbocycles. The van der Waals surface area contributed by atoms with E-state index in [4.69, 9.17) is 0 Å². The van der Waals surface area contributed by atoms with Crippen molar-refractivity contribution < 1.29 is 14.7 Å². The Labute approximate surface area is 137 Å². The molecule has 5 nitrogen and oxygen atoms in total. The average Bonchev–Trinajstić information content (AvgIpc) is 2.88. The number of rotatable bonds is 6. The van der Waals surface area contributed by atoms with E-state index in [0.717, 1.165) is 18.7 Å². The van der Waals surface area contributed by atoms with Crippen LogP contribution in [0.15, 0.2) is 24.3 Å². The molecule has 0 spiro atoms. The van der Waals surface area contributed by atoms with Crippen LogP contribution in [0.4, 0.5) is 5.69 Å². The highest BCUT2D eigenvalue weighted by molar-refractivity contribution is 5.90. The molecule has 0 radical (unpaired) electrons. The van der Waals surface area contributed by atoms with Crippen molar-refractivity contribution in [2.75, 3.05) is 11.4 Å². The van der Waals surface area contributed by atoms with Crippen molar-refractivity contribution in [1.82, 2.24) is 5.32 Å². The lowest BCUT2D eigenvalue weighted by molar-refractivity contribution is -0.143. The average molecular weight is 318 g/mol. The molecule has 1 aromatic rings. The number of carbonyl (C=O) groups is 2. The Morgan fingerprint density at radius 2 is 1.78 bits per heavy atom. The van der Waals surface area contributed by atoms with Gasteiger partial charge < -0.3 is 15.3 Å². The van der Waals surface area contributed by atoms with Crippen molar-refractivity contribution in [1.29, 1.82) is 0 Å². The van der Waals surface area contributed by atoms with Crippen LogP contribution >= 0.6 is 0 Å². The van der Waals surface area contributed by atoms with E-state index in [-0.39, 0.29) is 23.8 Å². The van der Waals surface area contributed by atoms with Gasteiger partial charge in [0, 0.05) is 12.2 Å². The summed E-state index contributed by atoms with van der Waals surface area (Å²) < 4.78 is 0. The topological polar surface area (TPSA) is 69.6 Å². The first-order valence-electron chi connectivity index (χ1n) is 8.20. The number of nitrogens with zero attached hydrogens (tertiary/aromatic N) is 1. The van der Waals surface area contributed by atoms with Gasteiger partial charge in [0.05, 0.1) is 0 Å². The summed E-state index contributed by atoms with van der Waals surface area (Å²) in [7, 11) is 0. The highest BCUT2D eigenvalue weighted by Gasteiger charge is 2.35. The second-order valence-electron chi connectivity index (χ2n) is 6.83. The number of hydrogen-bond acceptors (Lipinski definition) is 3. The van der Waals surface area contributed by atoms with Crippen molar-refractivity contribution >= 4 is 17.6 Å². The molecule has 0 bridgehead atoms. The van der Waals surface area contributed by atoms with E-state index in [0.29, 0.717) is 0 Å². The summed E-state index contributed by atoms with van der Waals surface area (Å²) in [6, 6.07) is 6.87. The van der Waals surface area contributed by atoms with Crippen LogP contribution in [-0.2, 0) is 16.0 Å². The van der Waals surface area contributed by atoms with Crippen molar-refractivity contribution in [3.63, 3.8) is 0 Å². The Balaban J connectivity index is 2.23. The Morgan fingerprint density at radius 3 is 2.35 bits per heavy atom. The standard InChI is InChI=1S/C18H26N2O3/c1-11(2)15(18(22)23)19-17(21)16(12(3)4)20-10-9-13-7-5-6-8-14(13)20/h5-8,11-12,15-16H,9-10H2,1-4H3,(H,19,21)(H,22,23). The lowest BCUT2D eigenvalue weighted by atomic mass is 9.99. The van der Waals surface area contributed by atoms with Crippen LogP contribution in [0.2, 0.25) is 0 Å². The van der Waals surface area contributed by atoms with Crippen LogP contribution in [0.3, 0.4) is 0 Å². The molecule has 126 valence electrons. The number of benzene rings is 1. The molecule has 1 amide bonds. The van der Waals surface area contributed by atoms with Crippen LogP contribution in [-0.4, -0.2) is 35.6 Å².